The van der Waals surface area contributed by atoms with Gasteiger partial charge in [0.2, 0.25) is 0 Å². The first-order valence-corrected chi connectivity index (χ1v) is 9.90. The second-order valence-corrected chi connectivity index (χ2v) is 7.20. The Morgan fingerprint density at radius 2 is 1.77 bits per heavy atom. The van der Waals surface area contributed by atoms with Crippen molar-refractivity contribution >= 4 is 6.09 Å². The number of rotatable bonds is 4. The third-order valence-corrected chi connectivity index (χ3v) is 5.18. The summed E-state index contributed by atoms with van der Waals surface area (Å²) >= 11 is 0. The highest BCUT2D eigenvalue weighted by atomic mass is 16.5. The summed E-state index contributed by atoms with van der Waals surface area (Å²) in [5, 5.41) is 2.74. The van der Waals surface area contributed by atoms with Gasteiger partial charge in [-0.1, -0.05) is 60.4 Å². The number of hydrogen-bond donors (Lipinski definition) is 2. The number of aromatic amines is 1. The smallest absolute Gasteiger partial charge is 0.407 e. The number of aromatic nitrogens is 1. The number of hydrogen-bond acceptors (Lipinski definition) is 3. The molecule has 5 heteroatoms. The molecule has 0 radical (unpaired) electrons. The van der Waals surface area contributed by atoms with Gasteiger partial charge in [-0.15, -0.1) is 0 Å². The first-order valence-electron chi connectivity index (χ1n) is 9.90. The van der Waals surface area contributed by atoms with Crippen LogP contribution in [-0.4, -0.2) is 24.2 Å². The van der Waals surface area contributed by atoms with Crippen LogP contribution in [0.4, 0.5) is 4.79 Å². The van der Waals surface area contributed by atoms with Crippen LogP contribution in [0.25, 0.3) is 11.1 Å². The zero-order valence-electron chi connectivity index (χ0n) is 16.7. The van der Waals surface area contributed by atoms with Crippen LogP contribution in [0.3, 0.4) is 0 Å². The fourth-order valence-electron chi connectivity index (χ4n) is 3.71. The van der Waals surface area contributed by atoms with E-state index in [1.165, 1.54) is 22.3 Å². The average molecular weight is 398 g/mol. The van der Waals surface area contributed by atoms with Gasteiger partial charge in [0.15, 0.2) is 0 Å². The van der Waals surface area contributed by atoms with Crippen LogP contribution in [0, 0.1) is 18.8 Å². The zero-order valence-corrected chi connectivity index (χ0v) is 16.7. The molecule has 0 bridgehead atoms. The fraction of sp³-hybridized carbons (Fsp3) is 0.200. The molecule has 30 heavy (non-hydrogen) atoms. The second kappa shape index (κ2) is 8.71. The second-order valence-electron chi connectivity index (χ2n) is 7.20. The van der Waals surface area contributed by atoms with E-state index in [4.69, 9.17) is 4.74 Å². The van der Waals surface area contributed by atoms with Crippen molar-refractivity contribution in [3.63, 3.8) is 0 Å². The minimum Gasteiger partial charge on any atom is -0.449 e. The van der Waals surface area contributed by atoms with Gasteiger partial charge in [-0.25, -0.2) is 4.79 Å². The van der Waals surface area contributed by atoms with Crippen molar-refractivity contribution in [3.05, 3.63) is 93.4 Å². The van der Waals surface area contributed by atoms with Crippen molar-refractivity contribution in [3.8, 4) is 23.0 Å². The molecule has 1 heterocycles. The Bertz CT molecular complexity index is 1160. The molecule has 2 N–H and O–H groups in total. The van der Waals surface area contributed by atoms with Gasteiger partial charge in [-0.2, -0.15) is 0 Å². The lowest BCUT2D eigenvalue weighted by Crippen LogP contribution is -2.26. The standard InChI is InChI=1S/C25H22N2O3/c1-17-14-18(15-27-24(17)28)8-6-7-13-26-25(29)30-16-23-21-11-4-2-9-19(21)20-10-3-5-12-22(20)23/h2-5,9-12,14-15,23H,7,13,16H2,1H3,(H,26,29)(H,27,28). The van der Waals surface area contributed by atoms with Crippen molar-refractivity contribution in [1.82, 2.24) is 10.3 Å². The predicted molar refractivity (Wildman–Crippen MR) is 116 cm³/mol. The van der Waals surface area contributed by atoms with Gasteiger partial charge in [0.25, 0.3) is 5.56 Å². The molecule has 0 atom stereocenters. The number of H-pyrrole nitrogens is 1. The molecule has 1 amide bonds. The number of amides is 1. The Morgan fingerprint density at radius 3 is 2.43 bits per heavy atom. The van der Waals surface area contributed by atoms with Gasteiger partial charge in [0.05, 0.1) is 0 Å². The number of benzene rings is 2. The van der Waals surface area contributed by atoms with E-state index >= 15 is 0 Å². The maximum atomic E-state index is 12.1. The molecule has 1 aliphatic rings. The summed E-state index contributed by atoms with van der Waals surface area (Å²) in [4.78, 5) is 26.1. The maximum Gasteiger partial charge on any atom is 0.407 e. The van der Waals surface area contributed by atoms with E-state index in [1.54, 1.807) is 19.2 Å². The van der Waals surface area contributed by atoms with Crippen molar-refractivity contribution < 1.29 is 9.53 Å². The molecule has 0 saturated carbocycles. The van der Waals surface area contributed by atoms with Crippen molar-refractivity contribution in [2.24, 2.45) is 0 Å². The average Bonchev–Trinajstić information content (AvgIpc) is 3.08. The number of ether oxygens (including phenoxy) is 1. The molecule has 0 unspecified atom stereocenters. The van der Waals surface area contributed by atoms with E-state index in [9.17, 15) is 9.59 Å². The Labute approximate surface area is 175 Å². The Hall–Kier alpha value is -3.78. The molecule has 0 spiro atoms. The van der Waals surface area contributed by atoms with Crippen LogP contribution in [0.2, 0.25) is 0 Å². The highest BCUT2D eigenvalue weighted by Gasteiger charge is 2.28. The lowest BCUT2D eigenvalue weighted by atomic mass is 9.98. The molecule has 0 aliphatic heterocycles. The number of alkyl carbamates (subject to hydrolysis) is 1. The molecular weight excluding hydrogens is 376 g/mol. The van der Waals surface area contributed by atoms with Gasteiger partial charge >= 0.3 is 6.09 Å². The van der Waals surface area contributed by atoms with Crippen molar-refractivity contribution in [1.29, 1.82) is 0 Å². The molecule has 5 nitrogen and oxygen atoms in total. The van der Waals surface area contributed by atoms with Gasteiger partial charge in [0.1, 0.15) is 6.61 Å². The van der Waals surface area contributed by atoms with Crippen LogP contribution in [0.15, 0.2) is 65.6 Å². The topological polar surface area (TPSA) is 71.2 Å². The number of carbonyl (C=O) groups excluding carboxylic acids is 1. The summed E-state index contributed by atoms with van der Waals surface area (Å²) in [6.07, 6.45) is 1.63. The lowest BCUT2D eigenvalue weighted by molar-refractivity contribution is 0.143. The first-order chi connectivity index (χ1) is 14.6. The zero-order chi connectivity index (χ0) is 20.9. The summed E-state index contributed by atoms with van der Waals surface area (Å²) in [7, 11) is 0. The number of nitrogens with one attached hydrogen (secondary N) is 2. The van der Waals surface area contributed by atoms with E-state index in [1.807, 2.05) is 24.3 Å². The third kappa shape index (κ3) is 4.13. The van der Waals surface area contributed by atoms with Gasteiger partial charge in [-0.3, -0.25) is 4.79 Å². The van der Waals surface area contributed by atoms with E-state index in [2.05, 4.69) is 46.4 Å². The van der Waals surface area contributed by atoms with Crippen LogP contribution in [-0.2, 0) is 4.74 Å². The summed E-state index contributed by atoms with van der Waals surface area (Å²) in [5.74, 6) is 6.01. The highest BCUT2D eigenvalue weighted by molar-refractivity contribution is 5.79. The number of fused-ring (bicyclic) bond motifs is 3. The number of carbonyl (C=O) groups is 1. The van der Waals surface area contributed by atoms with E-state index < -0.39 is 6.09 Å². The van der Waals surface area contributed by atoms with Gasteiger partial charge < -0.3 is 15.0 Å². The van der Waals surface area contributed by atoms with Gasteiger partial charge in [0, 0.05) is 36.2 Å². The summed E-state index contributed by atoms with van der Waals surface area (Å²) < 4.78 is 5.50. The molecule has 0 fully saturated rings. The van der Waals surface area contributed by atoms with Crippen LogP contribution >= 0.6 is 0 Å². The fourth-order valence-corrected chi connectivity index (χ4v) is 3.71. The molecule has 4 rings (SSSR count). The molecule has 1 aromatic heterocycles. The van der Waals surface area contributed by atoms with Crippen molar-refractivity contribution in [2.75, 3.05) is 13.2 Å². The molecule has 150 valence electrons. The Kier molecular flexibility index (Phi) is 5.67. The van der Waals surface area contributed by atoms with E-state index in [0.717, 1.165) is 5.56 Å². The van der Waals surface area contributed by atoms with Gasteiger partial charge in [-0.05, 0) is 35.2 Å². The molecule has 2 aromatic carbocycles. The predicted octanol–water partition coefficient (Wildman–Crippen LogP) is 3.96. The quantitative estimate of drug-likeness (QED) is 0.516. The van der Waals surface area contributed by atoms with E-state index in [0.29, 0.717) is 25.1 Å². The van der Waals surface area contributed by atoms with Crippen LogP contribution in [0.1, 0.15) is 34.6 Å². The number of pyridine rings is 1. The lowest BCUT2D eigenvalue weighted by Gasteiger charge is -2.14. The number of aryl methyl sites for hydroxylation is 1. The summed E-state index contributed by atoms with van der Waals surface area (Å²) in [6, 6.07) is 18.2. The highest BCUT2D eigenvalue weighted by Crippen LogP contribution is 2.44. The van der Waals surface area contributed by atoms with Crippen LogP contribution < -0.4 is 10.9 Å². The Balaban J connectivity index is 1.29. The normalized spacial score (nSPS) is 11.8. The Morgan fingerprint density at radius 1 is 1.10 bits per heavy atom. The van der Waals surface area contributed by atoms with E-state index in [-0.39, 0.29) is 11.5 Å². The molecule has 3 aromatic rings. The summed E-state index contributed by atoms with van der Waals surface area (Å²) in [6.45, 7) is 2.43. The first kappa shape index (κ1) is 19.5. The largest absolute Gasteiger partial charge is 0.449 e. The van der Waals surface area contributed by atoms with Crippen molar-refractivity contribution in [2.45, 2.75) is 19.3 Å². The molecular formula is C25H22N2O3. The monoisotopic (exact) mass is 398 g/mol. The molecule has 0 saturated heterocycles. The van der Waals surface area contributed by atoms with Crippen LogP contribution in [0.5, 0.6) is 0 Å². The third-order valence-electron chi connectivity index (χ3n) is 5.18. The SMILES string of the molecule is Cc1cc(C#CCCNC(=O)OCC2c3ccccc3-c3ccccc32)c[nH]c1=O. The summed E-state index contributed by atoms with van der Waals surface area (Å²) in [5.41, 5.74) is 6.04. The minimum absolute atomic E-state index is 0.0476. The molecule has 1 aliphatic carbocycles. The minimum atomic E-state index is -0.446. The maximum absolute atomic E-state index is 12.1.